The second kappa shape index (κ2) is 6.01. The van der Waals surface area contributed by atoms with Crippen LogP contribution >= 0.6 is 11.3 Å². The molecule has 1 aromatic carbocycles. The zero-order valence-electron chi connectivity index (χ0n) is 11.8. The number of methoxy groups -OCH3 is 1. The minimum atomic E-state index is -0.105. The maximum atomic E-state index is 5.71. The SMILES string of the molecule is COC(C)(C)CCC(NN)c1cc2ccccc2s1. The van der Waals surface area contributed by atoms with Gasteiger partial charge in [-0.3, -0.25) is 11.3 Å². The van der Waals surface area contributed by atoms with E-state index in [2.05, 4.69) is 49.6 Å². The highest BCUT2D eigenvalue weighted by molar-refractivity contribution is 7.19. The van der Waals surface area contributed by atoms with Crippen LogP contribution in [0.25, 0.3) is 10.1 Å². The number of fused-ring (bicyclic) bond motifs is 1. The number of hydrazine groups is 1. The van der Waals surface area contributed by atoms with Gasteiger partial charge in [0.1, 0.15) is 0 Å². The third kappa shape index (κ3) is 3.54. The van der Waals surface area contributed by atoms with Crippen molar-refractivity contribution in [2.75, 3.05) is 7.11 Å². The summed E-state index contributed by atoms with van der Waals surface area (Å²) in [7, 11) is 1.75. The highest BCUT2D eigenvalue weighted by Crippen LogP contribution is 2.32. The van der Waals surface area contributed by atoms with Gasteiger partial charge in [-0.2, -0.15) is 0 Å². The molecule has 0 aliphatic carbocycles. The van der Waals surface area contributed by atoms with Gasteiger partial charge in [0.2, 0.25) is 0 Å². The second-order valence-corrected chi connectivity index (χ2v) is 6.52. The van der Waals surface area contributed by atoms with Crippen LogP contribution in [0, 0.1) is 0 Å². The van der Waals surface area contributed by atoms with Gasteiger partial charge in [0.15, 0.2) is 0 Å². The van der Waals surface area contributed by atoms with Crippen molar-refractivity contribution < 1.29 is 4.74 Å². The molecule has 0 aliphatic heterocycles. The van der Waals surface area contributed by atoms with Crippen molar-refractivity contribution >= 4 is 21.4 Å². The predicted molar refractivity (Wildman–Crippen MR) is 82.2 cm³/mol. The number of ether oxygens (including phenoxy) is 1. The van der Waals surface area contributed by atoms with Crippen LogP contribution in [-0.4, -0.2) is 12.7 Å². The molecular formula is C15H22N2OS. The molecule has 0 bridgehead atoms. The molecule has 0 amide bonds. The van der Waals surface area contributed by atoms with E-state index in [1.807, 2.05) is 0 Å². The topological polar surface area (TPSA) is 47.3 Å². The lowest BCUT2D eigenvalue weighted by atomic mass is 9.98. The third-order valence-electron chi connectivity index (χ3n) is 3.58. The van der Waals surface area contributed by atoms with E-state index in [1.165, 1.54) is 15.0 Å². The fourth-order valence-corrected chi connectivity index (χ4v) is 3.24. The van der Waals surface area contributed by atoms with Crippen molar-refractivity contribution in [2.24, 2.45) is 5.84 Å². The average molecular weight is 278 g/mol. The van der Waals surface area contributed by atoms with Gasteiger partial charge in [-0.25, -0.2) is 0 Å². The number of hydrogen-bond donors (Lipinski definition) is 2. The van der Waals surface area contributed by atoms with Gasteiger partial charge in [-0.05, 0) is 44.2 Å². The Balaban J connectivity index is 2.13. The van der Waals surface area contributed by atoms with Crippen LogP contribution in [-0.2, 0) is 4.74 Å². The first-order chi connectivity index (χ1) is 9.05. The lowest BCUT2D eigenvalue weighted by Gasteiger charge is -2.25. The van der Waals surface area contributed by atoms with Crippen LogP contribution in [0.1, 0.15) is 37.6 Å². The van der Waals surface area contributed by atoms with Gasteiger partial charge in [0.25, 0.3) is 0 Å². The van der Waals surface area contributed by atoms with Crippen LogP contribution in [0.4, 0.5) is 0 Å². The van der Waals surface area contributed by atoms with Gasteiger partial charge in [-0.1, -0.05) is 18.2 Å². The largest absolute Gasteiger partial charge is 0.379 e. The standard InChI is InChI=1S/C15H22N2OS/c1-15(2,18-3)9-8-12(17-16)14-10-11-6-4-5-7-13(11)19-14/h4-7,10,12,17H,8-9,16H2,1-3H3. The Morgan fingerprint density at radius 2 is 2.11 bits per heavy atom. The average Bonchev–Trinajstić information content (AvgIpc) is 2.83. The first kappa shape index (κ1) is 14.5. The molecule has 104 valence electrons. The summed E-state index contributed by atoms with van der Waals surface area (Å²) in [5.74, 6) is 5.71. The molecule has 2 rings (SSSR count). The highest BCUT2D eigenvalue weighted by Gasteiger charge is 2.20. The molecule has 3 N–H and O–H groups in total. The number of nitrogens with one attached hydrogen (secondary N) is 1. The van der Waals surface area contributed by atoms with Crippen LogP contribution in [0.5, 0.6) is 0 Å². The summed E-state index contributed by atoms with van der Waals surface area (Å²) in [5.41, 5.74) is 2.83. The van der Waals surface area contributed by atoms with Gasteiger partial charge in [0.05, 0.1) is 11.6 Å². The van der Waals surface area contributed by atoms with Crippen molar-refractivity contribution in [1.82, 2.24) is 5.43 Å². The summed E-state index contributed by atoms with van der Waals surface area (Å²) in [6, 6.07) is 10.8. The van der Waals surface area contributed by atoms with Crippen LogP contribution in [0.2, 0.25) is 0 Å². The summed E-state index contributed by atoms with van der Waals surface area (Å²) in [6.07, 6.45) is 1.93. The van der Waals surface area contributed by atoms with E-state index in [9.17, 15) is 0 Å². The van der Waals surface area contributed by atoms with E-state index >= 15 is 0 Å². The third-order valence-corrected chi connectivity index (χ3v) is 4.81. The van der Waals surface area contributed by atoms with E-state index in [1.54, 1.807) is 18.4 Å². The molecule has 0 saturated carbocycles. The molecule has 0 radical (unpaired) electrons. The first-order valence-electron chi connectivity index (χ1n) is 6.55. The van der Waals surface area contributed by atoms with Crippen LogP contribution in [0.15, 0.2) is 30.3 Å². The normalized spacial score (nSPS) is 13.9. The quantitative estimate of drug-likeness (QED) is 0.627. The van der Waals surface area contributed by atoms with E-state index in [0.717, 1.165) is 12.8 Å². The second-order valence-electron chi connectivity index (χ2n) is 5.41. The van der Waals surface area contributed by atoms with Crippen molar-refractivity contribution in [3.63, 3.8) is 0 Å². The molecule has 1 atom stereocenters. The fourth-order valence-electron chi connectivity index (χ4n) is 2.08. The first-order valence-corrected chi connectivity index (χ1v) is 7.37. The Morgan fingerprint density at radius 1 is 1.37 bits per heavy atom. The molecule has 2 aromatic rings. The maximum Gasteiger partial charge on any atom is 0.0623 e. The maximum absolute atomic E-state index is 5.71. The Bertz CT molecular complexity index is 503. The summed E-state index contributed by atoms with van der Waals surface area (Å²) in [4.78, 5) is 1.29. The highest BCUT2D eigenvalue weighted by atomic mass is 32.1. The number of benzene rings is 1. The van der Waals surface area contributed by atoms with E-state index in [0.29, 0.717) is 0 Å². The zero-order chi connectivity index (χ0) is 13.9. The molecule has 0 aliphatic rings. The summed E-state index contributed by atoms with van der Waals surface area (Å²) in [6.45, 7) is 4.21. The minimum absolute atomic E-state index is 0.105. The number of rotatable bonds is 6. The summed E-state index contributed by atoms with van der Waals surface area (Å²) >= 11 is 1.80. The molecule has 0 fully saturated rings. The van der Waals surface area contributed by atoms with Crippen molar-refractivity contribution in [1.29, 1.82) is 0 Å². The van der Waals surface area contributed by atoms with Crippen molar-refractivity contribution in [2.45, 2.75) is 38.3 Å². The van der Waals surface area contributed by atoms with Gasteiger partial charge < -0.3 is 4.74 Å². The number of thiophene rings is 1. The van der Waals surface area contributed by atoms with Crippen LogP contribution < -0.4 is 11.3 Å². The van der Waals surface area contributed by atoms with Gasteiger partial charge in [-0.15, -0.1) is 11.3 Å². The van der Waals surface area contributed by atoms with E-state index in [-0.39, 0.29) is 11.6 Å². The molecule has 1 heterocycles. The summed E-state index contributed by atoms with van der Waals surface area (Å²) < 4.78 is 6.77. The molecule has 4 heteroatoms. The lowest BCUT2D eigenvalue weighted by molar-refractivity contribution is 0.0117. The monoisotopic (exact) mass is 278 g/mol. The number of hydrogen-bond acceptors (Lipinski definition) is 4. The van der Waals surface area contributed by atoms with Crippen molar-refractivity contribution in [3.8, 4) is 0 Å². The predicted octanol–water partition coefficient (Wildman–Crippen LogP) is 3.61. The molecular weight excluding hydrogens is 256 g/mol. The Hall–Kier alpha value is -0.940. The Kier molecular flexibility index (Phi) is 4.58. The van der Waals surface area contributed by atoms with Gasteiger partial charge >= 0.3 is 0 Å². The van der Waals surface area contributed by atoms with E-state index < -0.39 is 0 Å². The molecule has 1 unspecified atom stereocenters. The Labute approximate surface area is 118 Å². The molecule has 3 nitrogen and oxygen atoms in total. The molecule has 0 spiro atoms. The van der Waals surface area contributed by atoms with Gasteiger partial charge in [0, 0.05) is 16.7 Å². The smallest absolute Gasteiger partial charge is 0.0623 e. The summed E-state index contributed by atoms with van der Waals surface area (Å²) in [5, 5.41) is 1.29. The lowest BCUT2D eigenvalue weighted by Crippen LogP contribution is -2.30. The van der Waals surface area contributed by atoms with Crippen LogP contribution in [0.3, 0.4) is 0 Å². The zero-order valence-corrected chi connectivity index (χ0v) is 12.6. The number of nitrogens with two attached hydrogens (primary N) is 1. The Morgan fingerprint density at radius 3 is 2.74 bits per heavy atom. The van der Waals surface area contributed by atoms with E-state index in [4.69, 9.17) is 10.6 Å². The fraction of sp³-hybridized carbons (Fsp3) is 0.467. The molecule has 19 heavy (non-hydrogen) atoms. The van der Waals surface area contributed by atoms with Crippen molar-refractivity contribution in [3.05, 3.63) is 35.2 Å². The minimum Gasteiger partial charge on any atom is -0.379 e. The molecule has 1 aromatic heterocycles. The molecule has 0 saturated heterocycles.